The Bertz CT molecular complexity index is 908. The minimum absolute atomic E-state index is 0.137. The first-order valence-corrected chi connectivity index (χ1v) is 11.8. The minimum Gasteiger partial charge on any atom is -0.493 e. The van der Waals surface area contributed by atoms with E-state index in [2.05, 4.69) is 6.92 Å². The quantitative estimate of drug-likeness (QED) is 0.315. The first-order valence-electron chi connectivity index (χ1n) is 11.8. The Balaban J connectivity index is 1.43. The average molecular weight is 455 g/mol. The van der Waals surface area contributed by atoms with Gasteiger partial charge in [0.25, 0.3) is 0 Å². The molecule has 0 amide bonds. The molecule has 0 saturated heterocycles. The van der Waals surface area contributed by atoms with Crippen LogP contribution in [0.3, 0.4) is 0 Å². The molecular formula is C27H34O6. The second-order valence-electron chi connectivity index (χ2n) is 8.17. The molecule has 0 aromatic heterocycles. The zero-order valence-electron chi connectivity index (χ0n) is 19.6. The number of methoxy groups -OCH3 is 1. The fraction of sp³-hybridized carbons (Fsp3) is 0.481. The summed E-state index contributed by atoms with van der Waals surface area (Å²) in [5.41, 5.74) is 2.71. The lowest BCUT2D eigenvalue weighted by molar-refractivity contribution is -0.154. The number of fused-ring (bicyclic) bond motifs is 1. The number of esters is 1. The van der Waals surface area contributed by atoms with E-state index in [4.69, 9.17) is 18.9 Å². The van der Waals surface area contributed by atoms with Crippen LogP contribution in [0.5, 0.6) is 11.5 Å². The molecule has 0 saturated carbocycles. The highest BCUT2D eigenvalue weighted by Crippen LogP contribution is 2.36. The lowest BCUT2D eigenvalue weighted by atomic mass is 9.98. The highest BCUT2D eigenvalue weighted by Gasteiger charge is 2.24. The van der Waals surface area contributed by atoms with Gasteiger partial charge < -0.3 is 18.9 Å². The Morgan fingerprint density at radius 3 is 2.61 bits per heavy atom. The topological polar surface area (TPSA) is 71.1 Å². The lowest BCUT2D eigenvalue weighted by Crippen LogP contribution is -2.28. The highest BCUT2D eigenvalue weighted by atomic mass is 16.6. The molecule has 1 atom stereocenters. The molecule has 1 heterocycles. The third-order valence-corrected chi connectivity index (χ3v) is 5.69. The number of Topliss-reactive ketones (excluding diaryl/α,β-unsaturated/α-hetero) is 1. The number of rotatable bonds is 13. The Hall–Kier alpha value is -2.86. The summed E-state index contributed by atoms with van der Waals surface area (Å²) in [6.45, 7) is 3.60. The standard InChI is InChI=1S/C27H34O6/c1-3-10-22-24(14-13-21-23(28)15-18-33-26(21)22)31-16-8-5-9-17-32-25(27(29)30-2)19-20-11-6-4-7-12-20/h4,6-7,11-14,25H,3,5,8-10,15-19H2,1-2H3. The predicted octanol–water partition coefficient (Wildman–Crippen LogP) is 4.95. The first-order chi connectivity index (χ1) is 16.1. The molecule has 0 spiro atoms. The SMILES string of the molecule is CCCc1c(OCCCCCOC(Cc2ccccc2)C(=O)OC)ccc2c1OCCC2=O. The number of carbonyl (C=O) groups is 2. The van der Waals surface area contributed by atoms with Gasteiger partial charge >= 0.3 is 5.97 Å². The van der Waals surface area contributed by atoms with Gasteiger partial charge in [0, 0.05) is 25.0 Å². The van der Waals surface area contributed by atoms with Crippen LogP contribution in [-0.2, 0) is 27.1 Å². The summed E-state index contributed by atoms with van der Waals surface area (Å²) < 4.78 is 22.6. The van der Waals surface area contributed by atoms with Crippen molar-refractivity contribution in [1.29, 1.82) is 0 Å². The molecule has 1 aliphatic rings. The van der Waals surface area contributed by atoms with Gasteiger partial charge in [-0.2, -0.15) is 0 Å². The summed E-state index contributed by atoms with van der Waals surface area (Å²) in [6.07, 6.45) is 4.72. The van der Waals surface area contributed by atoms with Gasteiger partial charge in [-0.25, -0.2) is 4.79 Å². The van der Waals surface area contributed by atoms with Crippen molar-refractivity contribution in [2.75, 3.05) is 26.9 Å². The molecule has 0 bridgehead atoms. The number of benzene rings is 2. The average Bonchev–Trinajstić information content (AvgIpc) is 2.84. The van der Waals surface area contributed by atoms with Gasteiger partial charge in [0.15, 0.2) is 11.9 Å². The summed E-state index contributed by atoms with van der Waals surface area (Å²) in [5.74, 6) is 1.29. The Kier molecular flexibility index (Phi) is 9.76. The molecule has 2 aromatic carbocycles. The van der Waals surface area contributed by atoms with Crippen LogP contribution in [0.4, 0.5) is 0 Å². The van der Waals surface area contributed by atoms with E-state index in [1.807, 2.05) is 42.5 Å². The zero-order chi connectivity index (χ0) is 23.5. The van der Waals surface area contributed by atoms with Crippen molar-refractivity contribution in [3.05, 3.63) is 59.2 Å². The van der Waals surface area contributed by atoms with Gasteiger partial charge in [-0.1, -0.05) is 43.7 Å². The Morgan fingerprint density at radius 2 is 1.85 bits per heavy atom. The fourth-order valence-electron chi connectivity index (χ4n) is 3.96. The molecular weight excluding hydrogens is 420 g/mol. The van der Waals surface area contributed by atoms with Crippen molar-refractivity contribution in [1.82, 2.24) is 0 Å². The van der Waals surface area contributed by atoms with Gasteiger partial charge in [-0.15, -0.1) is 0 Å². The molecule has 1 unspecified atom stereocenters. The molecule has 6 heteroatoms. The van der Waals surface area contributed by atoms with Crippen molar-refractivity contribution in [3.8, 4) is 11.5 Å². The predicted molar refractivity (Wildman–Crippen MR) is 126 cm³/mol. The molecule has 1 aliphatic heterocycles. The van der Waals surface area contributed by atoms with Crippen LogP contribution in [0.1, 0.15) is 60.5 Å². The highest BCUT2D eigenvalue weighted by molar-refractivity contribution is 6.00. The van der Waals surface area contributed by atoms with Gasteiger partial charge in [0.2, 0.25) is 0 Å². The van der Waals surface area contributed by atoms with Crippen molar-refractivity contribution < 1.29 is 28.5 Å². The molecule has 33 heavy (non-hydrogen) atoms. The summed E-state index contributed by atoms with van der Waals surface area (Å²) in [4.78, 5) is 24.2. The van der Waals surface area contributed by atoms with Gasteiger partial charge in [0.05, 0.1) is 25.9 Å². The monoisotopic (exact) mass is 454 g/mol. The van der Waals surface area contributed by atoms with Gasteiger partial charge in [-0.05, 0) is 43.4 Å². The maximum atomic E-state index is 12.2. The normalized spacial score (nSPS) is 13.7. The van der Waals surface area contributed by atoms with Gasteiger partial charge in [-0.3, -0.25) is 4.79 Å². The molecule has 178 valence electrons. The van der Waals surface area contributed by atoms with Crippen molar-refractivity contribution >= 4 is 11.8 Å². The maximum absolute atomic E-state index is 12.2. The molecule has 0 aliphatic carbocycles. The maximum Gasteiger partial charge on any atom is 0.335 e. The third-order valence-electron chi connectivity index (χ3n) is 5.69. The van der Waals surface area contributed by atoms with Crippen LogP contribution in [0.25, 0.3) is 0 Å². The first kappa shape index (κ1) is 24.8. The minimum atomic E-state index is -0.594. The largest absolute Gasteiger partial charge is 0.493 e. The Labute approximate surface area is 196 Å². The second kappa shape index (κ2) is 13.0. The van der Waals surface area contributed by atoms with Crippen LogP contribution in [0, 0.1) is 0 Å². The van der Waals surface area contributed by atoms with Crippen LogP contribution in [-0.4, -0.2) is 44.8 Å². The molecule has 2 aromatic rings. The van der Waals surface area contributed by atoms with Crippen LogP contribution < -0.4 is 9.47 Å². The van der Waals surface area contributed by atoms with Crippen LogP contribution in [0.2, 0.25) is 0 Å². The van der Waals surface area contributed by atoms with Gasteiger partial charge in [0.1, 0.15) is 11.5 Å². The van der Waals surface area contributed by atoms with E-state index in [1.54, 1.807) is 0 Å². The number of hydrogen-bond donors (Lipinski definition) is 0. The third kappa shape index (κ3) is 7.06. The van der Waals surface area contributed by atoms with Crippen molar-refractivity contribution in [2.24, 2.45) is 0 Å². The number of unbranched alkanes of at least 4 members (excludes halogenated alkanes) is 2. The molecule has 0 radical (unpaired) electrons. The van der Waals surface area contributed by atoms with E-state index in [0.29, 0.717) is 44.0 Å². The van der Waals surface area contributed by atoms with E-state index in [9.17, 15) is 9.59 Å². The molecule has 3 rings (SSSR count). The smallest absolute Gasteiger partial charge is 0.335 e. The van der Waals surface area contributed by atoms with Crippen LogP contribution >= 0.6 is 0 Å². The van der Waals surface area contributed by atoms with E-state index in [-0.39, 0.29) is 11.8 Å². The van der Waals surface area contributed by atoms with E-state index >= 15 is 0 Å². The number of ether oxygens (including phenoxy) is 4. The van der Waals surface area contributed by atoms with Crippen molar-refractivity contribution in [2.45, 2.75) is 58.0 Å². The summed E-state index contributed by atoms with van der Waals surface area (Å²) in [5, 5.41) is 0. The summed E-state index contributed by atoms with van der Waals surface area (Å²) in [6, 6.07) is 13.5. The number of carbonyl (C=O) groups excluding carboxylic acids is 2. The lowest BCUT2D eigenvalue weighted by Gasteiger charge is -2.22. The molecule has 0 N–H and O–H groups in total. The second-order valence-corrected chi connectivity index (χ2v) is 8.17. The van der Waals surface area contributed by atoms with Crippen LogP contribution in [0.15, 0.2) is 42.5 Å². The number of hydrogen-bond acceptors (Lipinski definition) is 6. The van der Waals surface area contributed by atoms with E-state index < -0.39 is 6.10 Å². The van der Waals surface area contributed by atoms with Crippen molar-refractivity contribution in [3.63, 3.8) is 0 Å². The summed E-state index contributed by atoms with van der Waals surface area (Å²) >= 11 is 0. The summed E-state index contributed by atoms with van der Waals surface area (Å²) in [7, 11) is 1.38. The van der Waals surface area contributed by atoms with E-state index in [0.717, 1.165) is 49.0 Å². The molecule has 6 nitrogen and oxygen atoms in total. The van der Waals surface area contributed by atoms with E-state index in [1.165, 1.54) is 7.11 Å². The zero-order valence-corrected chi connectivity index (χ0v) is 19.6. The number of ketones is 1. The Morgan fingerprint density at radius 1 is 1.06 bits per heavy atom. The molecule has 0 fully saturated rings. The fourth-order valence-corrected chi connectivity index (χ4v) is 3.96.